The van der Waals surface area contributed by atoms with E-state index in [0.717, 1.165) is 28.6 Å². The zero-order valence-corrected chi connectivity index (χ0v) is 14.7. The summed E-state index contributed by atoms with van der Waals surface area (Å²) in [5.41, 5.74) is 1.14. The van der Waals surface area contributed by atoms with E-state index in [-0.39, 0.29) is 18.0 Å². The van der Waals surface area contributed by atoms with Crippen LogP contribution >= 0.6 is 22.9 Å². The van der Waals surface area contributed by atoms with Crippen LogP contribution in [0.5, 0.6) is 0 Å². The number of halogens is 1. The number of nitrogens with zero attached hydrogens (tertiary/aromatic N) is 3. The molecule has 1 fully saturated rings. The van der Waals surface area contributed by atoms with Crippen LogP contribution in [0.2, 0.25) is 5.02 Å². The first-order valence-corrected chi connectivity index (χ1v) is 8.86. The molecule has 2 aromatic rings. The monoisotopic (exact) mass is 350 g/mol. The first kappa shape index (κ1) is 16.2. The van der Waals surface area contributed by atoms with Gasteiger partial charge in [0.05, 0.1) is 0 Å². The molecule has 23 heavy (non-hydrogen) atoms. The summed E-state index contributed by atoms with van der Waals surface area (Å²) in [5, 5.41) is 13.9. The lowest BCUT2D eigenvalue weighted by Gasteiger charge is -2.20. The lowest BCUT2D eigenvalue weighted by atomic mass is 10.2. The third kappa shape index (κ3) is 3.82. The Kier molecular flexibility index (Phi) is 4.82. The molecule has 2 heterocycles. The van der Waals surface area contributed by atoms with Gasteiger partial charge in [0, 0.05) is 24.0 Å². The van der Waals surface area contributed by atoms with Crippen molar-refractivity contribution in [3.8, 4) is 0 Å². The molecule has 1 aliphatic heterocycles. The highest BCUT2D eigenvalue weighted by atomic mass is 35.5. The molecule has 0 spiro atoms. The molecule has 0 radical (unpaired) electrons. The maximum absolute atomic E-state index is 12.3. The van der Waals surface area contributed by atoms with Crippen LogP contribution in [0, 0.1) is 0 Å². The van der Waals surface area contributed by atoms with E-state index in [9.17, 15) is 4.79 Å². The molecule has 1 aromatic carbocycles. The standard InChI is InChI=1S/C16H19ClN4OS/c1-10(2)21-8-7-13(15(21)22)18-16-20-19-14(23-16)9-11-3-5-12(17)6-4-11/h3-6,10,13H,7-9H2,1-2H3,(H,18,20). The van der Waals surface area contributed by atoms with E-state index in [1.54, 1.807) is 0 Å². The summed E-state index contributed by atoms with van der Waals surface area (Å²) in [6.45, 7) is 4.87. The molecule has 1 aliphatic rings. The van der Waals surface area contributed by atoms with Gasteiger partial charge < -0.3 is 10.2 Å². The molecular formula is C16H19ClN4OS. The fourth-order valence-corrected chi connectivity index (χ4v) is 3.61. The highest BCUT2D eigenvalue weighted by Crippen LogP contribution is 2.23. The van der Waals surface area contributed by atoms with Crippen molar-refractivity contribution in [2.75, 3.05) is 11.9 Å². The largest absolute Gasteiger partial charge is 0.348 e. The van der Waals surface area contributed by atoms with E-state index in [1.165, 1.54) is 11.3 Å². The van der Waals surface area contributed by atoms with Crippen molar-refractivity contribution in [2.24, 2.45) is 0 Å². The third-order valence-electron chi connectivity index (χ3n) is 3.90. The van der Waals surface area contributed by atoms with Crippen molar-refractivity contribution >= 4 is 34.0 Å². The van der Waals surface area contributed by atoms with Crippen LogP contribution in [0.3, 0.4) is 0 Å². The Morgan fingerprint density at radius 2 is 2.09 bits per heavy atom. The Hall–Kier alpha value is -1.66. The first-order valence-electron chi connectivity index (χ1n) is 7.67. The van der Waals surface area contributed by atoms with Crippen LogP contribution < -0.4 is 5.32 Å². The van der Waals surface area contributed by atoms with Crippen LogP contribution in [0.15, 0.2) is 24.3 Å². The average molecular weight is 351 g/mol. The quantitative estimate of drug-likeness (QED) is 0.899. The van der Waals surface area contributed by atoms with Gasteiger partial charge in [0.25, 0.3) is 0 Å². The van der Waals surface area contributed by atoms with Gasteiger partial charge in [0.1, 0.15) is 11.0 Å². The van der Waals surface area contributed by atoms with Gasteiger partial charge in [-0.05, 0) is 38.0 Å². The molecule has 0 bridgehead atoms. The molecule has 1 N–H and O–H groups in total. The fourth-order valence-electron chi connectivity index (χ4n) is 2.66. The Balaban J connectivity index is 1.61. The number of carbonyl (C=O) groups excluding carboxylic acids is 1. The Bertz CT molecular complexity index is 686. The van der Waals surface area contributed by atoms with Gasteiger partial charge in [0.15, 0.2) is 0 Å². The molecule has 1 atom stereocenters. The summed E-state index contributed by atoms with van der Waals surface area (Å²) in [6, 6.07) is 7.76. The molecule has 5 nitrogen and oxygen atoms in total. The minimum atomic E-state index is -0.186. The van der Waals surface area contributed by atoms with Crippen molar-refractivity contribution in [3.05, 3.63) is 39.9 Å². The molecule has 0 aliphatic carbocycles. The van der Waals surface area contributed by atoms with Gasteiger partial charge in [0.2, 0.25) is 11.0 Å². The van der Waals surface area contributed by atoms with Crippen LogP contribution in [-0.2, 0) is 11.2 Å². The number of carbonyl (C=O) groups is 1. The maximum Gasteiger partial charge on any atom is 0.245 e. The Morgan fingerprint density at radius 1 is 1.35 bits per heavy atom. The second-order valence-corrected chi connectivity index (χ2v) is 7.41. The minimum absolute atomic E-state index is 0.148. The molecule has 1 saturated heterocycles. The van der Waals surface area contributed by atoms with Crippen molar-refractivity contribution in [3.63, 3.8) is 0 Å². The van der Waals surface area contributed by atoms with Gasteiger partial charge in [-0.3, -0.25) is 4.79 Å². The maximum atomic E-state index is 12.3. The summed E-state index contributed by atoms with van der Waals surface area (Å²) in [4.78, 5) is 14.2. The molecule has 0 saturated carbocycles. The number of likely N-dealkylation sites (tertiary alicyclic amines) is 1. The number of nitrogens with one attached hydrogen (secondary N) is 1. The number of rotatable bonds is 5. The molecule has 122 valence electrons. The van der Waals surface area contributed by atoms with E-state index in [0.29, 0.717) is 11.6 Å². The number of aromatic nitrogens is 2. The third-order valence-corrected chi connectivity index (χ3v) is 5.00. The van der Waals surface area contributed by atoms with Gasteiger partial charge in [-0.15, -0.1) is 10.2 Å². The normalized spacial score (nSPS) is 18.0. The highest BCUT2D eigenvalue weighted by Gasteiger charge is 2.33. The number of hydrogen-bond acceptors (Lipinski definition) is 5. The second kappa shape index (κ2) is 6.84. The van der Waals surface area contributed by atoms with Crippen LogP contribution in [0.25, 0.3) is 0 Å². The SMILES string of the molecule is CC(C)N1CCC(Nc2nnc(Cc3ccc(Cl)cc3)s2)C1=O. The van der Waals surface area contributed by atoms with Gasteiger partial charge >= 0.3 is 0 Å². The molecular weight excluding hydrogens is 332 g/mol. The van der Waals surface area contributed by atoms with Gasteiger partial charge in [-0.25, -0.2) is 0 Å². The summed E-state index contributed by atoms with van der Waals surface area (Å²) in [7, 11) is 0. The van der Waals surface area contributed by atoms with Crippen LogP contribution in [-0.4, -0.2) is 39.6 Å². The van der Waals surface area contributed by atoms with E-state index in [4.69, 9.17) is 11.6 Å². The average Bonchev–Trinajstić information content (AvgIpc) is 3.10. The smallest absolute Gasteiger partial charge is 0.245 e. The summed E-state index contributed by atoms with van der Waals surface area (Å²) in [5.74, 6) is 0.148. The summed E-state index contributed by atoms with van der Waals surface area (Å²) >= 11 is 7.38. The van der Waals surface area contributed by atoms with E-state index < -0.39 is 0 Å². The van der Waals surface area contributed by atoms with E-state index >= 15 is 0 Å². The zero-order valence-electron chi connectivity index (χ0n) is 13.1. The predicted molar refractivity (Wildman–Crippen MR) is 93.0 cm³/mol. The number of hydrogen-bond donors (Lipinski definition) is 1. The van der Waals surface area contributed by atoms with Crippen LogP contribution in [0.4, 0.5) is 5.13 Å². The zero-order chi connectivity index (χ0) is 16.4. The second-order valence-electron chi connectivity index (χ2n) is 5.92. The number of amides is 1. The summed E-state index contributed by atoms with van der Waals surface area (Å²) < 4.78 is 0. The van der Waals surface area contributed by atoms with Gasteiger partial charge in [-0.2, -0.15) is 0 Å². The van der Waals surface area contributed by atoms with Gasteiger partial charge in [-0.1, -0.05) is 35.1 Å². The first-order chi connectivity index (χ1) is 11.0. The fraction of sp³-hybridized carbons (Fsp3) is 0.438. The lowest BCUT2D eigenvalue weighted by Crippen LogP contribution is -2.37. The minimum Gasteiger partial charge on any atom is -0.348 e. The predicted octanol–water partition coefficient (Wildman–Crippen LogP) is 3.20. The molecule has 3 rings (SSSR count). The number of benzene rings is 1. The Labute approximate surface area is 144 Å². The molecule has 7 heteroatoms. The van der Waals surface area contributed by atoms with Crippen LogP contribution in [0.1, 0.15) is 30.8 Å². The highest BCUT2D eigenvalue weighted by molar-refractivity contribution is 7.15. The number of anilines is 1. The Morgan fingerprint density at radius 3 is 2.74 bits per heavy atom. The summed E-state index contributed by atoms with van der Waals surface area (Å²) in [6.07, 6.45) is 1.52. The molecule has 1 unspecified atom stereocenters. The molecule has 1 amide bonds. The molecule has 1 aromatic heterocycles. The lowest BCUT2D eigenvalue weighted by molar-refractivity contribution is -0.129. The van der Waals surface area contributed by atoms with Crippen molar-refractivity contribution < 1.29 is 4.79 Å². The van der Waals surface area contributed by atoms with Crippen molar-refractivity contribution in [2.45, 2.75) is 38.8 Å². The topological polar surface area (TPSA) is 58.1 Å². The van der Waals surface area contributed by atoms with E-state index in [1.807, 2.05) is 43.0 Å². The van der Waals surface area contributed by atoms with Crippen molar-refractivity contribution in [1.82, 2.24) is 15.1 Å². The van der Waals surface area contributed by atoms with Crippen molar-refractivity contribution in [1.29, 1.82) is 0 Å². The van der Waals surface area contributed by atoms with E-state index in [2.05, 4.69) is 15.5 Å².